The molecular formula is C8H12AlCl. The zero-order valence-electron chi connectivity index (χ0n) is 6.64. The van der Waals surface area contributed by atoms with Crippen LogP contribution in [0.1, 0.15) is 11.1 Å². The largest absolute Gasteiger partial charge is 0.258 e. The van der Waals surface area contributed by atoms with Crippen LogP contribution in [0.4, 0.5) is 0 Å². The third-order valence-electron chi connectivity index (χ3n) is 1.37. The molecule has 54 valence electrons. The third-order valence-corrected chi connectivity index (χ3v) is 1.94. The van der Waals surface area contributed by atoms with Gasteiger partial charge in [-0.3, -0.25) is 0 Å². The molecule has 0 aliphatic carbocycles. The minimum atomic E-state index is 0. The quantitative estimate of drug-likeness (QED) is 0.510. The average molecular weight is 171 g/mol. The van der Waals surface area contributed by atoms with Gasteiger partial charge in [0.25, 0.3) is 16.3 Å². The summed E-state index contributed by atoms with van der Waals surface area (Å²) in [6, 6.07) is 6.71. The van der Waals surface area contributed by atoms with Gasteiger partial charge in [0, 0.05) is 0 Å². The topological polar surface area (TPSA) is 0 Å². The molecule has 1 aromatic carbocycles. The summed E-state index contributed by atoms with van der Waals surface area (Å²) in [5.41, 5.74) is 2.78. The van der Waals surface area contributed by atoms with Gasteiger partial charge in [0.05, 0.1) is 0 Å². The van der Waals surface area contributed by atoms with Gasteiger partial charge >= 0.3 is 0 Å². The van der Waals surface area contributed by atoms with Crippen LogP contribution < -0.4 is 4.43 Å². The van der Waals surface area contributed by atoms with Crippen molar-refractivity contribution < 1.29 is 0 Å². The molecule has 2 heteroatoms. The Hall–Kier alpha value is 0.0425. The molecule has 0 aliphatic rings. The van der Waals surface area contributed by atoms with Crippen LogP contribution in [0.2, 0.25) is 0 Å². The fraction of sp³-hybridized carbons (Fsp3) is 0.250. The fourth-order valence-corrected chi connectivity index (χ4v) is 2.11. The Bertz CT molecular complexity index is 170. The summed E-state index contributed by atoms with van der Waals surface area (Å²) >= 11 is 1.17. The highest BCUT2D eigenvalue weighted by Crippen LogP contribution is 1.97. The summed E-state index contributed by atoms with van der Waals surface area (Å²) in [6.45, 7) is 4.29. The number of benzene rings is 1. The Morgan fingerprint density at radius 3 is 1.70 bits per heavy atom. The summed E-state index contributed by atoms with van der Waals surface area (Å²) in [7, 11) is 0. The van der Waals surface area contributed by atoms with Gasteiger partial charge in [-0.15, -0.1) is 16.8 Å². The van der Waals surface area contributed by atoms with E-state index in [0.29, 0.717) is 0 Å². The van der Waals surface area contributed by atoms with Gasteiger partial charge in [-0.25, -0.2) is 0 Å². The van der Waals surface area contributed by atoms with Crippen molar-refractivity contribution in [3.05, 3.63) is 29.3 Å². The van der Waals surface area contributed by atoms with Crippen molar-refractivity contribution >= 4 is 33.1 Å². The van der Waals surface area contributed by atoms with Gasteiger partial charge in [-0.05, 0) is 13.8 Å². The first-order chi connectivity index (χ1) is 4.18. The van der Waals surface area contributed by atoms with Crippen molar-refractivity contribution in [3.63, 3.8) is 0 Å². The Morgan fingerprint density at radius 1 is 1.00 bits per heavy atom. The molecule has 0 N–H and O–H groups in total. The van der Waals surface area contributed by atoms with Crippen LogP contribution in [0, 0.1) is 13.8 Å². The van der Waals surface area contributed by atoms with Crippen molar-refractivity contribution in [2.45, 2.75) is 13.8 Å². The summed E-state index contributed by atoms with van der Waals surface area (Å²) < 4.78 is 1.49. The van der Waals surface area contributed by atoms with Crippen molar-refractivity contribution in [2.24, 2.45) is 0 Å². The minimum absolute atomic E-state index is 0. The molecule has 0 radical (unpaired) electrons. The summed E-state index contributed by atoms with van der Waals surface area (Å²) in [5, 5.41) is 0. The molecule has 1 aromatic rings. The summed E-state index contributed by atoms with van der Waals surface area (Å²) in [4.78, 5) is 0. The van der Waals surface area contributed by atoms with Crippen LogP contribution in [-0.4, -0.2) is 16.3 Å². The molecule has 0 saturated heterocycles. The molecule has 0 aromatic heterocycles. The first-order valence-electron chi connectivity index (χ1n) is 3.23. The molecule has 0 nitrogen and oxygen atoms in total. The Kier molecular flexibility index (Phi) is 4.05. The molecule has 0 fully saturated rings. The van der Waals surface area contributed by atoms with E-state index in [1.165, 1.54) is 31.8 Å². The highest BCUT2D eigenvalue weighted by molar-refractivity contribution is 6.32. The third kappa shape index (κ3) is 2.75. The van der Waals surface area contributed by atoms with E-state index in [0.717, 1.165) is 0 Å². The maximum atomic E-state index is 2.25. The van der Waals surface area contributed by atoms with Crippen molar-refractivity contribution in [1.29, 1.82) is 0 Å². The van der Waals surface area contributed by atoms with Crippen LogP contribution in [0.5, 0.6) is 0 Å². The van der Waals surface area contributed by atoms with Gasteiger partial charge in [-0.1, -0.05) is 29.3 Å². The smallest absolute Gasteiger partial charge is 0.147 e. The molecule has 0 aliphatic heterocycles. The van der Waals surface area contributed by atoms with E-state index in [-0.39, 0.29) is 12.4 Å². The molecular weight excluding hydrogens is 159 g/mol. The van der Waals surface area contributed by atoms with Crippen LogP contribution in [0.25, 0.3) is 0 Å². The second kappa shape index (κ2) is 4.03. The lowest BCUT2D eigenvalue weighted by molar-refractivity contribution is 1.40. The molecule has 0 saturated carbocycles. The summed E-state index contributed by atoms with van der Waals surface area (Å²) in [5.74, 6) is 0. The maximum Gasteiger partial charge on any atom is 0.258 e. The maximum absolute atomic E-state index is 2.25. The second-order valence-electron chi connectivity index (χ2n) is 2.67. The standard InChI is InChI=1S/C8H9.Al.ClH.2H/c1-7-4-3-5-8(2)6-7;;;;/h4-6H,1-2H3;;1H;;. The van der Waals surface area contributed by atoms with Crippen molar-refractivity contribution in [3.8, 4) is 0 Å². The minimum Gasteiger partial charge on any atom is -0.147 e. The SMILES string of the molecule is Cc1cc(C)c[c]([AlH2])c1.Cl. The van der Waals surface area contributed by atoms with E-state index in [4.69, 9.17) is 0 Å². The number of rotatable bonds is 0. The fourth-order valence-electron chi connectivity index (χ4n) is 1.20. The van der Waals surface area contributed by atoms with Gasteiger partial charge in [-0.2, -0.15) is 0 Å². The first-order valence-corrected chi connectivity index (χ1v) is 4.23. The Balaban J connectivity index is 0.000000810. The van der Waals surface area contributed by atoms with Crippen LogP contribution >= 0.6 is 12.4 Å². The van der Waals surface area contributed by atoms with E-state index in [2.05, 4.69) is 32.0 Å². The molecule has 0 spiro atoms. The predicted octanol–water partition coefficient (Wildman–Crippen LogP) is 0.984. The molecule has 10 heavy (non-hydrogen) atoms. The van der Waals surface area contributed by atoms with Gasteiger partial charge in [0.1, 0.15) is 0 Å². The molecule has 0 heterocycles. The molecule has 0 bridgehead atoms. The highest BCUT2D eigenvalue weighted by Gasteiger charge is 1.87. The van der Waals surface area contributed by atoms with E-state index < -0.39 is 0 Å². The van der Waals surface area contributed by atoms with Gasteiger partial charge < -0.3 is 0 Å². The molecule has 1 rings (SSSR count). The predicted molar refractivity (Wildman–Crippen MR) is 51.3 cm³/mol. The lowest BCUT2D eigenvalue weighted by Gasteiger charge is -1.97. The van der Waals surface area contributed by atoms with Gasteiger partial charge in [0.15, 0.2) is 0 Å². The van der Waals surface area contributed by atoms with Crippen molar-refractivity contribution in [2.75, 3.05) is 0 Å². The van der Waals surface area contributed by atoms with Crippen LogP contribution in [0.15, 0.2) is 18.2 Å². The Labute approximate surface area is 76.5 Å². The highest BCUT2D eigenvalue weighted by atomic mass is 35.5. The van der Waals surface area contributed by atoms with Gasteiger partial charge in [0.2, 0.25) is 0 Å². The lowest BCUT2D eigenvalue weighted by atomic mass is 10.2. The number of hydrogen-bond acceptors (Lipinski definition) is 0. The average Bonchev–Trinajstić information content (AvgIpc) is 1.59. The van der Waals surface area contributed by atoms with E-state index in [9.17, 15) is 0 Å². The number of halogens is 1. The van der Waals surface area contributed by atoms with Crippen LogP contribution in [-0.2, 0) is 0 Å². The first kappa shape index (κ1) is 10.0. The Morgan fingerprint density at radius 2 is 1.40 bits per heavy atom. The zero-order chi connectivity index (χ0) is 6.85. The molecule has 0 atom stereocenters. The van der Waals surface area contributed by atoms with E-state index >= 15 is 0 Å². The monoisotopic (exact) mass is 170 g/mol. The second-order valence-corrected chi connectivity index (χ2v) is 3.82. The summed E-state index contributed by atoms with van der Waals surface area (Å²) in [6.07, 6.45) is 0. The lowest BCUT2D eigenvalue weighted by Crippen LogP contribution is -2.02. The zero-order valence-corrected chi connectivity index (χ0v) is 9.46. The van der Waals surface area contributed by atoms with E-state index in [1.807, 2.05) is 0 Å². The molecule has 0 amide bonds. The molecule has 0 unspecified atom stereocenters. The van der Waals surface area contributed by atoms with Crippen molar-refractivity contribution in [1.82, 2.24) is 0 Å². The van der Waals surface area contributed by atoms with Crippen LogP contribution in [0.3, 0.4) is 0 Å². The van der Waals surface area contributed by atoms with E-state index in [1.54, 1.807) is 0 Å². The number of aryl methyl sites for hydroxylation is 2. The number of hydrogen-bond donors (Lipinski definition) is 0. The normalized spacial score (nSPS) is 8.60.